The summed E-state index contributed by atoms with van der Waals surface area (Å²) in [6.07, 6.45) is 0.856. The Kier molecular flexibility index (Phi) is 3.32. The van der Waals surface area contributed by atoms with Gasteiger partial charge in [-0.1, -0.05) is 23.7 Å². The molecule has 0 aliphatic heterocycles. The highest BCUT2D eigenvalue weighted by Crippen LogP contribution is 2.29. The lowest BCUT2D eigenvalue weighted by molar-refractivity contribution is 0.419. The molecule has 0 spiro atoms. The zero-order chi connectivity index (χ0) is 11.5. The van der Waals surface area contributed by atoms with E-state index in [1.807, 2.05) is 24.3 Å². The summed E-state index contributed by atoms with van der Waals surface area (Å²) < 4.78 is 5.37. The molecule has 2 aromatic rings. The van der Waals surface area contributed by atoms with Crippen LogP contribution < -0.4 is 10.5 Å². The zero-order valence-electron chi connectivity index (χ0n) is 9.16. The summed E-state index contributed by atoms with van der Waals surface area (Å²) in [7, 11) is 1.67. The summed E-state index contributed by atoms with van der Waals surface area (Å²) in [5, 5.41) is 2.89. The van der Waals surface area contributed by atoms with E-state index < -0.39 is 0 Å². The van der Waals surface area contributed by atoms with E-state index in [0.29, 0.717) is 6.54 Å². The number of fused-ring (bicyclic) bond motifs is 1. The lowest BCUT2D eigenvalue weighted by atomic mass is 10.0. The average Bonchev–Trinajstić information content (AvgIpc) is 2.29. The van der Waals surface area contributed by atoms with Crippen molar-refractivity contribution < 1.29 is 4.74 Å². The molecule has 2 rings (SSSR count). The van der Waals surface area contributed by atoms with Gasteiger partial charge in [0.05, 0.1) is 7.11 Å². The van der Waals surface area contributed by atoms with Crippen LogP contribution in [-0.4, -0.2) is 13.7 Å². The smallest absolute Gasteiger partial charge is 0.127 e. The standard InChI is InChI=1S/C13H14ClNO/c1-16-13-7-9(4-5-15)6-10-2-3-11(14)8-12(10)13/h2-3,6-8H,4-5,15H2,1H3. The van der Waals surface area contributed by atoms with Gasteiger partial charge in [-0.15, -0.1) is 0 Å². The largest absolute Gasteiger partial charge is 0.496 e. The number of benzene rings is 2. The van der Waals surface area contributed by atoms with Crippen molar-refractivity contribution in [1.82, 2.24) is 0 Å². The number of nitrogens with two attached hydrogens (primary N) is 1. The molecule has 0 fully saturated rings. The Bertz CT molecular complexity index is 511. The minimum atomic E-state index is 0.641. The lowest BCUT2D eigenvalue weighted by Crippen LogP contribution is -2.02. The van der Waals surface area contributed by atoms with E-state index in [2.05, 4.69) is 6.07 Å². The summed E-state index contributed by atoms with van der Waals surface area (Å²) >= 11 is 5.97. The van der Waals surface area contributed by atoms with E-state index in [1.54, 1.807) is 7.11 Å². The molecule has 0 heterocycles. The van der Waals surface area contributed by atoms with Gasteiger partial charge in [0.15, 0.2) is 0 Å². The number of halogens is 1. The monoisotopic (exact) mass is 235 g/mol. The number of rotatable bonds is 3. The van der Waals surface area contributed by atoms with Gasteiger partial charge in [-0.3, -0.25) is 0 Å². The molecule has 0 aliphatic rings. The molecule has 2 aromatic carbocycles. The van der Waals surface area contributed by atoms with E-state index in [4.69, 9.17) is 22.1 Å². The quantitative estimate of drug-likeness (QED) is 0.888. The van der Waals surface area contributed by atoms with Crippen LogP contribution in [0.1, 0.15) is 5.56 Å². The molecule has 3 heteroatoms. The van der Waals surface area contributed by atoms with Crippen LogP contribution in [0.15, 0.2) is 30.3 Å². The molecule has 0 radical (unpaired) electrons. The fraction of sp³-hybridized carbons (Fsp3) is 0.231. The third-order valence-corrected chi connectivity index (χ3v) is 2.83. The molecule has 84 valence electrons. The van der Waals surface area contributed by atoms with E-state index in [-0.39, 0.29) is 0 Å². The van der Waals surface area contributed by atoms with Gasteiger partial charge in [-0.05, 0) is 42.1 Å². The maximum absolute atomic E-state index is 5.97. The Morgan fingerprint density at radius 3 is 2.75 bits per heavy atom. The molecule has 0 atom stereocenters. The molecule has 0 aromatic heterocycles. The van der Waals surface area contributed by atoms with Gasteiger partial charge < -0.3 is 10.5 Å². The van der Waals surface area contributed by atoms with Crippen molar-refractivity contribution in [1.29, 1.82) is 0 Å². The summed E-state index contributed by atoms with van der Waals surface area (Å²) in [6, 6.07) is 9.95. The molecule has 2 nitrogen and oxygen atoms in total. The van der Waals surface area contributed by atoms with Crippen molar-refractivity contribution in [2.75, 3.05) is 13.7 Å². The highest BCUT2D eigenvalue weighted by atomic mass is 35.5. The van der Waals surface area contributed by atoms with Gasteiger partial charge in [0.25, 0.3) is 0 Å². The molecule has 0 amide bonds. The Morgan fingerprint density at radius 2 is 2.06 bits per heavy atom. The van der Waals surface area contributed by atoms with E-state index in [0.717, 1.165) is 28.0 Å². The Labute approximate surface area is 100.0 Å². The maximum Gasteiger partial charge on any atom is 0.127 e. The second-order valence-corrected chi connectivity index (χ2v) is 4.14. The summed E-state index contributed by atoms with van der Waals surface area (Å²) in [5.41, 5.74) is 6.75. The Hall–Kier alpha value is -1.25. The number of ether oxygens (including phenoxy) is 1. The van der Waals surface area contributed by atoms with Crippen molar-refractivity contribution in [3.8, 4) is 5.75 Å². The summed E-state index contributed by atoms with van der Waals surface area (Å²) in [5.74, 6) is 0.850. The molecule has 16 heavy (non-hydrogen) atoms. The van der Waals surface area contributed by atoms with Gasteiger partial charge in [0, 0.05) is 10.4 Å². The first-order chi connectivity index (χ1) is 7.74. The van der Waals surface area contributed by atoms with E-state index in [1.165, 1.54) is 5.56 Å². The Balaban J connectivity index is 2.63. The third-order valence-electron chi connectivity index (χ3n) is 2.59. The molecule has 0 unspecified atom stereocenters. The fourth-order valence-corrected chi connectivity index (χ4v) is 2.01. The Morgan fingerprint density at radius 1 is 1.25 bits per heavy atom. The lowest BCUT2D eigenvalue weighted by Gasteiger charge is -2.09. The predicted octanol–water partition coefficient (Wildman–Crippen LogP) is 3.00. The van der Waals surface area contributed by atoms with Gasteiger partial charge in [0.2, 0.25) is 0 Å². The highest BCUT2D eigenvalue weighted by Gasteiger charge is 2.04. The van der Waals surface area contributed by atoms with Crippen molar-refractivity contribution in [3.63, 3.8) is 0 Å². The van der Waals surface area contributed by atoms with Crippen molar-refractivity contribution in [3.05, 3.63) is 40.9 Å². The fourth-order valence-electron chi connectivity index (χ4n) is 1.84. The minimum Gasteiger partial charge on any atom is -0.496 e. The zero-order valence-corrected chi connectivity index (χ0v) is 9.92. The molecular formula is C13H14ClNO. The van der Waals surface area contributed by atoms with Crippen LogP contribution in [0.25, 0.3) is 10.8 Å². The van der Waals surface area contributed by atoms with Crippen LogP contribution in [-0.2, 0) is 6.42 Å². The number of methoxy groups -OCH3 is 1. The van der Waals surface area contributed by atoms with Gasteiger partial charge in [0.1, 0.15) is 5.75 Å². The summed E-state index contributed by atoms with van der Waals surface area (Å²) in [6.45, 7) is 0.641. The summed E-state index contributed by atoms with van der Waals surface area (Å²) in [4.78, 5) is 0. The SMILES string of the molecule is COc1cc(CCN)cc2ccc(Cl)cc12. The van der Waals surface area contributed by atoms with Gasteiger partial charge in [-0.2, -0.15) is 0 Å². The van der Waals surface area contributed by atoms with Gasteiger partial charge >= 0.3 is 0 Å². The van der Waals surface area contributed by atoms with E-state index >= 15 is 0 Å². The predicted molar refractivity (Wildman–Crippen MR) is 68.3 cm³/mol. The first kappa shape index (κ1) is 11.2. The van der Waals surface area contributed by atoms with Crippen LogP contribution in [0.2, 0.25) is 5.02 Å². The van der Waals surface area contributed by atoms with Crippen molar-refractivity contribution in [2.45, 2.75) is 6.42 Å². The molecule has 0 bridgehead atoms. The normalized spacial score (nSPS) is 10.7. The van der Waals surface area contributed by atoms with Crippen LogP contribution in [0.4, 0.5) is 0 Å². The molecule has 0 aliphatic carbocycles. The van der Waals surface area contributed by atoms with Crippen molar-refractivity contribution in [2.24, 2.45) is 5.73 Å². The van der Waals surface area contributed by atoms with E-state index in [9.17, 15) is 0 Å². The molecule has 0 saturated carbocycles. The van der Waals surface area contributed by atoms with Gasteiger partial charge in [-0.25, -0.2) is 0 Å². The van der Waals surface area contributed by atoms with Crippen LogP contribution in [0.3, 0.4) is 0 Å². The number of hydrogen-bond acceptors (Lipinski definition) is 2. The maximum atomic E-state index is 5.97. The first-order valence-electron chi connectivity index (χ1n) is 5.21. The van der Waals surface area contributed by atoms with Crippen molar-refractivity contribution >= 4 is 22.4 Å². The van der Waals surface area contributed by atoms with Crippen LogP contribution in [0.5, 0.6) is 5.75 Å². The highest BCUT2D eigenvalue weighted by molar-refractivity contribution is 6.31. The second-order valence-electron chi connectivity index (χ2n) is 3.70. The van der Waals surface area contributed by atoms with Crippen LogP contribution >= 0.6 is 11.6 Å². The molecule has 0 saturated heterocycles. The average molecular weight is 236 g/mol. The topological polar surface area (TPSA) is 35.2 Å². The first-order valence-corrected chi connectivity index (χ1v) is 5.58. The second kappa shape index (κ2) is 4.73. The van der Waals surface area contributed by atoms with Crippen LogP contribution in [0, 0.1) is 0 Å². The minimum absolute atomic E-state index is 0.641. The molecule has 2 N–H and O–H groups in total. The third kappa shape index (κ3) is 2.13. The molecular weight excluding hydrogens is 222 g/mol. The number of hydrogen-bond donors (Lipinski definition) is 1.